The van der Waals surface area contributed by atoms with E-state index in [1.807, 2.05) is 37.4 Å². The number of hydrogen-bond donors (Lipinski definition) is 1. The lowest BCUT2D eigenvalue weighted by Crippen LogP contribution is -1.96. The number of nitrogen functional groups attached to an aromatic ring is 1. The zero-order valence-corrected chi connectivity index (χ0v) is 11.4. The summed E-state index contributed by atoms with van der Waals surface area (Å²) in [4.78, 5) is 5.51. The molecule has 0 unspecified atom stereocenters. The minimum atomic E-state index is 0.620. The first kappa shape index (κ1) is 12.3. The average molecular weight is 266 g/mol. The minimum Gasteiger partial charge on any atom is -0.492 e. The van der Waals surface area contributed by atoms with Gasteiger partial charge in [-0.2, -0.15) is 0 Å². The summed E-state index contributed by atoms with van der Waals surface area (Å²) in [7, 11) is 0. The fourth-order valence-corrected chi connectivity index (χ4v) is 3.18. The number of nitrogens with zero attached hydrogens (tertiary/aromatic N) is 1. The second-order valence-corrected chi connectivity index (χ2v) is 5.67. The number of anilines is 1. The molecule has 0 aliphatic rings. The van der Waals surface area contributed by atoms with Crippen molar-refractivity contribution in [2.45, 2.75) is 23.1 Å². The van der Waals surface area contributed by atoms with E-state index in [-0.39, 0.29) is 0 Å². The first-order valence-corrected chi connectivity index (χ1v) is 7.01. The van der Waals surface area contributed by atoms with Gasteiger partial charge in [-0.3, -0.25) is 0 Å². The Balaban J connectivity index is 2.18. The highest BCUT2D eigenvalue weighted by Gasteiger charge is 2.05. The maximum absolute atomic E-state index is 5.83. The van der Waals surface area contributed by atoms with Gasteiger partial charge in [0.25, 0.3) is 0 Å². The van der Waals surface area contributed by atoms with Crippen LogP contribution >= 0.6 is 23.1 Å². The topological polar surface area (TPSA) is 48.1 Å². The van der Waals surface area contributed by atoms with Crippen LogP contribution in [0.25, 0.3) is 0 Å². The number of nitrogens with two attached hydrogens (primary N) is 1. The Labute approximate surface area is 109 Å². The third-order valence-corrected chi connectivity index (χ3v) is 4.13. The quantitative estimate of drug-likeness (QED) is 0.859. The van der Waals surface area contributed by atoms with Crippen molar-refractivity contribution in [2.24, 2.45) is 0 Å². The molecule has 1 aromatic heterocycles. The lowest BCUT2D eigenvalue weighted by Gasteiger charge is -2.07. The SMILES string of the molecule is CCOc1cc(Sc2nc(C)cs2)ccc1N. The van der Waals surface area contributed by atoms with Gasteiger partial charge in [0.05, 0.1) is 12.3 Å². The summed E-state index contributed by atoms with van der Waals surface area (Å²) in [5.74, 6) is 0.741. The summed E-state index contributed by atoms with van der Waals surface area (Å²) in [6.45, 7) is 4.56. The molecule has 0 amide bonds. The largest absolute Gasteiger partial charge is 0.492 e. The monoisotopic (exact) mass is 266 g/mol. The fourth-order valence-electron chi connectivity index (χ4n) is 1.34. The number of ether oxygens (including phenoxy) is 1. The Kier molecular flexibility index (Phi) is 3.91. The molecule has 0 fully saturated rings. The molecule has 3 nitrogen and oxygen atoms in total. The van der Waals surface area contributed by atoms with Gasteiger partial charge in [-0.15, -0.1) is 11.3 Å². The molecule has 0 bridgehead atoms. The maximum atomic E-state index is 5.83. The summed E-state index contributed by atoms with van der Waals surface area (Å²) in [6, 6.07) is 5.81. The smallest absolute Gasteiger partial charge is 0.154 e. The molecule has 0 spiro atoms. The van der Waals surface area contributed by atoms with Gasteiger partial charge in [0.1, 0.15) is 5.75 Å². The lowest BCUT2D eigenvalue weighted by molar-refractivity contribution is 0.341. The average Bonchev–Trinajstić information content (AvgIpc) is 2.69. The first-order valence-electron chi connectivity index (χ1n) is 5.31. The van der Waals surface area contributed by atoms with Crippen molar-refractivity contribution in [3.05, 3.63) is 29.3 Å². The van der Waals surface area contributed by atoms with Gasteiger partial charge < -0.3 is 10.5 Å². The van der Waals surface area contributed by atoms with Gasteiger partial charge in [0, 0.05) is 16.0 Å². The zero-order valence-electron chi connectivity index (χ0n) is 9.77. The highest BCUT2D eigenvalue weighted by Crippen LogP contribution is 2.34. The van der Waals surface area contributed by atoms with Gasteiger partial charge >= 0.3 is 0 Å². The van der Waals surface area contributed by atoms with E-state index in [0.717, 1.165) is 20.7 Å². The summed E-state index contributed by atoms with van der Waals surface area (Å²) >= 11 is 3.28. The van der Waals surface area contributed by atoms with E-state index < -0.39 is 0 Å². The van der Waals surface area contributed by atoms with E-state index in [0.29, 0.717) is 12.3 Å². The van der Waals surface area contributed by atoms with Crippen molar-refractivity contribution in [1.29, 1.82) is 0 Å². The van der Waals surface area contributed by atoms with E-state index >= 15 is 0 Å². The van der Waals surface area contributed by atoms with Crippen LogP contribution in [0.3, 0.4) is 0 Å². The second kappa shape index (κ2) is 5.42. The van der Waals surface area contributed by atoms with Gasteiger partial charge in [0.15, 0.2) is 4.34 Å². The minimum absolute atomic E-state index is 0.620. The standard InChI is InChI=1S/C12H14N2OS2/c1-3-15-11-6-9(4-5-10(11)13)17-12-14-8(2)7-16-12/h4-7H,3,13H2,1-2H3. The van der Waals surface area contributed by atoms with Gasteiger partial charge in [0.2, 0.25) is 0 Å². The molecule has 5 heteroatoms. The Morgan fingerprint density at radius 1 is 1.47 bits per heavy atom. The Hall–Kier alpha value is -1.20. The van der Waals surface area contributed by atoms with Crippen LogP contribution in [0.1, 0.15) is 12.6 Å². The number of benzene rings is 1. The van der Waals surface area contributed by atoms with Gasteiger partial charge in [-0.1, -0.05) is 11.8 Å². The van der Waals surface area contributed by atoms with Crippen LogP contribution in [-0.4, -0.2) is 11.6 Å². The third-order valence-electron chi connectivity index (χ3n) is 2.09. The molecule has 90 valence electrons. The summed E-state index contributed by atoms with van der Waals surface area (Å²) in [6.07, 6.45) is 0. The maximum Gasteiger partial charge on any atom is 0.154 e. The molecule has 0 radical (unpaired) electrons. The normalized spacial score (nSPS) is 10.5. The predicted molar refractivity (Wildman–Crippen MR) is 73.0 cm³/mol. The Morgan fingerprint density at radius 2 is 2.29 bits per heavy atom. The van der Waals surface area contributed by atoms with Crippen LogP contribution < -0.4 is 10.5 Å². The number of aryl methyl sites for hydroxylation is 1. The van der Waals surface area contributed by atoms with E-state index in [2.05, 4.69) is 4.98 Å². The van der Waals surface area contributed by atoms with Gasteiger partial charge in [-0.25, -0.2) is 4.98 Å². The molecule has 2 aromatic rings. The molecule has 17 heavy (non-hydrogen) atoms. The number of aromatic nitrogens is 1. The van der Waals surface area contributed by atoms with Crippen LogP contribution in [0.4, 0.5) is 5.69 Å². The Bertz CT molecular complexity index is 511. The molecule has 0 saturated carbocycles. The van der Waals surface area contributed by atoms with Crippen LogP contribution in [0.15, 0.2) is 32.8 Å². The third kappa shape index (κ3) is 3.14. The van der Waals surface area contributed by atoms with Crippen molar-refractivity contribution in [2.75, 3.05) is 12.3 Å². The van der Waals surface area contributed by atoms with Crippen LogP contribution in [-0.2, 0) is 0 Å². The molecule has 1 heterocycles. The molecule has 0 atom stereocenters. The van der Waals surface area contributed by atoms with Crippen LogP contribution in [0.2, 0.25) is 0 Å². The molecule has 2 N–H and O–H groups in total. The lowest BCUT2D eigenvalue weighted by atomic mass is 10.3. The van der Waals surface area contributed by atoms with Gasteiger partial charge in [-0.05, 0) is 32.0 Å². The second-order valence-electron chi connectivity index (χ2n) is 3.49. The highest BCUT2D eigenvalue weighted by molar-refractivity contribution is 8.01. The summed E-state index contributed by atoms with van der Waals surface area (Å²) in [5.41, 5.74) is 7.55. The molecular weight excluding hydrogens is 252 g/mol. The fraction of sp³-hybridized carbons (Fsp3) is 0.250. The van der Waals surface area contributed by atoms with Crippen molar-refractivity contribution in [3.63, 3.8) is 0 Å². The van der Waals surface area contributed by atoms with E-state index in [9.17, 15) is 0 Å². The van der Waals surface area contributed by atoms with Crippen molar-refractivity contribution in [1.82, 2.24) is 4.98 Å². The molecule has 1 aromatic carbocycles. The molecule has 0 aliphatic carbocycles. The predicted octanol–water partition coefficient (Wildman–Crippen LogP) is 3.58. The summed E-state index contributed by atoms with van der Waals surface area (Å²) < 4.78 is 6.50. The van der Waals surface area contributed by atoms with Crippen molar-refractivity contribution < 1.29 is 4.74 Å². The van der Waals surface area contributed by atoms with Crippen LogP contribution in [0, 0.1) is 6.92 Å². The van der Waals surface area contributed by atoms with E-state index in [1.54, 1.807) is 23.1 Å². The zero-order chi connectivity index (χ0) is 12.3. The molecule has 0 saturated heterocycles. The number of rotatable bonds is 4. The summed E-state index contributed by atoms with van der Waals surface area (Å²) in [5, 5.41) is 2.04. The van der Waals surface area contributed by atoms with E-state index in [4.69, 9.17) is 10.5 Å². The Morgan fingerprint density at radius 3 is 2.94 bits per heavy atom. The molecular formula is C12H14N2OS2. The number of thiazole rings is 1. The highest BCUT2D eigenvalue weighted by atomic mass is 32.2. The first-order chi connectivity index (χ1) is 8.19. The van der Waals surface area contributed by atoms with Crippen LogP contribution in [0.5, 0.6) is 5.75 Å². The van der Waals surface area contributed by atoms with E-state index in [1.165, 1.54) is 0 Å². The number of hydrogen-bond acceptors (Lipinski definition) is 5. The van der Waals surface area contributed by atoms with Crippen molar-refractivity contribution >= 4 is 28.8 Å². The molecule has 2 rings (SSSR count). The van der Waals surface area contributed by atoms with Crippen molar-refractivity contribution in [3.8, 4) is 5.75 Å². The molecule has 0 aliphatic heterocycles.